The van der Waals surface area contributed by atoms with Crippen molar-refractivity contribution in [2.75, 3.05) is 0 Å². The summed E-state index contributed by atoms with van der Waals surface area (Å²) < 4.78 is 23.0. The Kier molecular flexibility index (Phi) is 1.54. The van der Waals surface area contributed by atoms with Gasteiger partial charge < -0.3 is 0 Å². The second kappa shape index (κ2) is 2.18. The minimum atomic E-state index is -3.03. The Bertz CT molecular complexity index is 429. The van der Waals surface area contributed by atoms with Gasteiger partial charge in [-0.05, 0) is 0 Å². The van der Waals surface area contributed by atoms with E-state index < -0.39 is 15.3 Å². The van der Waals surface area contributed by atoms with Crippen molar-refractivity contribution in [2.45, 2.75) is 5.51 Å². The van der Waals surface area contributed by atoms with Crippen LogP contribution in [0.5, 0.6) is 0 Å². The van der Waals surface area contributed by atoms with E-state index in [0.29, 0.717) is 0 Å². The van der Waals surface area contributed by atoms with Crippen LogP contribution in [-0.2, 0) is 9.84 Å². The maximum atomic E-state index is 12.1. The predicted molar refractivity (Wildman–Crippen MR) is 67.7 cm³/mol. The molecule has 70 valence electrons. The van der Waals surface area contributed by atoms with Crippen LogP contribution in [-0.4, -0.2) is 13.9 Å². The van der Waals surface area contributed by atoms with Gasteiger partial charge in [-0.15, -0.1) is 0 Å². The van der Waals surface area contributed by atoms with Crippen molar-refractivity contribution in [1.29, 1.82) is 0 Å². The lowest BCUT2D eigenvalue weighted by atomic mass is 10.3. The van der Waals surface area contributed by atoms with Gasteiger partial charge >= 0.3 is 0 Å². The maximum absolute atomic E-state index is 12.1. The van der Waals surface area contributed by atoms with Crippen molar-refractivity contribution in [1.82, 2.24) is 0 Å². The van der Waals surface area contributed by atoms with Crippen LogP contribution in [0.25, 0.3) is 0 Å². The molecule has 1 fully saturated rings. The molecule has 2 heterocycles. The quantitative estimate of drug-likeness (QED) is 0.342. The molecule has 0 N–H and O–H groups in total. The smallest absolute Gasteiger partial charge is 0.188 e. The van der Waals surface area contributed by atoms with E-state index in [4.69, 9.17) is 0 Å². The summed E-state index contributed by atoms with van der Waals surface area (Å²) in [6.45, 7) is 0. The van der Waals surface area contributed by atoms with E-state index in [1.54, 1.807) is 0 Å². The summed E-state index contributed by atoms with van der Waals surface area (Å²) in [5.41, 5.74) is 0. The van der Waals surface area contributed by atoms with Gasteiger partial charge in [-0.3, -0.25) is 0 Å². The highest BCUT2D eigenvalue weighted by molar-refractivity contribution is 14.1. The van der Waals surface area contributed by atoms with E-state index in [0.717, 1.165) is 0 Å². The van der Waals surface area contributed by atoms with Crippen LogP contribution in [0.2, 0.25) is 0 Å². The number of rotatable bonds is 0. The molecule has 2 aliphatic heterocycles. The van der Waals surface area contributed by atoms with E-state index in [1.807, 2.05) is 34.7 Å². The molecule has 2 bridgehead atoms. The third-order valence-electron chi connectivity index (χ3n) is 3.07. The van der Waals surface area contributed by atoms with Crippen LogP contribution >= 0.6 is 45.2 Å². The molecule has 1 aliphatic carbocycles. The van der Waals surface area contributed by atoms with Gasteiger partial charge in [-0.25, -0.2) is 8.42 Å². The van der Waals surface area contributed by atoms with E-state index in [1.165, 1.54) is 0 Å². The number of sulfone groups is 1. The summed E-state index contributed by atoms with van der Waals surface area (Å²) >= 11 is 4.14. The minimum Gasteiger partial charge on any atom is -0.225 e. The van der Waals surface area contributed by atoms with Crippen LogP contribution in [0.3, 0.4) is 0 Å². The molecule has 0 amide bonds. The molecule has 0 saturated heterocycles. The number of allylic oxidation sites excluding steroid dienone is 2. The molecule has 1 saturated carbocycles. The molecule has 5 heteroatoms. The average Bonchev–Trinajstić information content (AvgIpc) is 2.68. The van der Waals surface area contributed by atoms with Crippen molar-refractivity contribution in [3.05, 3.63) is 24.3 Å². The van der Waals surface area contributed by atoms with E-state index in [2.05, 4.69) is 34.7 Å². The Morgan fingerprint density at radius 1 is 1.08 bits per heavy atom. The van der Waals surface area contributed by atoms with Gasteiger partial charge in [0.2, 0.25) is 0 Å². The highest BCUT2D eigenvalue weighted by Gasteiger charge is 2.76. The van der Waals surface area contributed by atoms with E-state index in [9.17, 15) is 8.42 Å². The van der Waals surface area contributed by atoms with Crippen molar-refractivity contribution in [3.8, 4) is 0 Å². The van der Waals surface area contributed by atoms with Gasteiger partial charge in [0, 0.05) is 11.8 Å². The molecule has 0 aromatic carbocycles. The fraction of sp³-hybridized carbons (Fsp3) is 0.500. The number of hydrogen-bond acceptors (Lipinski definition) is 2. The Morgan fingerprint density at radius 3 is 1.92 bits per heavy atom. The van der Waals surface area contributed by atoms with Crippen molar-refractivity contribution in [3.63, 3.8) is 0 Å². The van der Waals surface area contributed by atoms with Gasteiger partial charge in [0.05, 0.1) is 0 Å². The number of halogens is 2. The van der Waals surface area contributed by atoms with Gasteiger partial charge in [0.1, 0.15) is 2.75 Å². The third kappa shape index (κ3) is 0.759. The first-order valence-corrected chi connectivity index (χ1v) is 7.58. The first kappa shape index (κ1) is 9.14. The minimum absolute atomic E-state index is 0.222. The van der Waals surface area contributed by atoms with Gasteiger partial charge in [-0.1, -0.05) is 69.5 Å². The molecule has 0 aromatic rings. The third-order valence-corrected chi connectivity index (χ3v) is 11.2. The topological polar surface area (TPSA) is 34.1 Å². The Hall–Kier alpha value is 0.890. The standard InChI is InChI=1S/C8H6I2O2S/c9-7-3-1-5-6(2-4-7)8(5,10)13(7,11)12/h1-6H/t5-,6-,7?,8?/m0/s1. The molecule has 2 nitrogen and oxygen atoms in total. The molecule has 2 atom stereocenters. The highest BCUT2D eigenvalue weighted by atomic mass is 127. The van der Waals surface area contributed by atoms with E-state index in [-0.39, 0.29) is 11.8 Å². The lowest BCUT2D eigenvalue weighted by molar-refractivity contribution is 0.585. The monoisotopic (exact) mass is 420 g/mol. The summed E-state index contributed by atoms with van der Waals surface area (Å²) in [4.78, 5) is 0. The van der Waals surface area contributed by atoms with Crippen LogP contribution in [0.15, 0.2) is 24.3 Å². The number of alkyl halides is 2. The molecule has 3 rings (SSSR count). The molecule has 0 radical (unpaired) electrons. The normalized spacial score (nSPS) is 59.2. The largest absolute Gasteiger partial charge is 0.225 e. The molecule has 0 unspecified atom stereocenters. The van der Waals surface area contributed by atoms with Gasteiger partial charge in [0.15, 0.2) is 12.6 Å². The predicted octanol–water partition coefficient (Wildman–Crippen LogP) is 2.05. The molecule has 0 spiro atoms. The second-order valence-electron chi connectivity index (χ2n) is 3.67. The highest BCUT2D eigenvalue weighted by Crippen LogP contribution is 2.70. The van der Waals surface area contributed by atoms with Crippen molar-refractivity contribution >= 4 is 55.0 Å². The summed E-state index contributed by atoms with van der Waals surface area (Å²) in [6.07, 6.45) is 7.77. The summed E-state index contributed by atoms with van der Waals surface area (Å²) in [5.74, 6) is 0.444. The van der Waals surface area contributed by atoms with Crippen LogP contribution in [0.4, 0.5) is 0 Å². The number of hydrogen-bond donors (Lipinski definition) is 0. The SMILES string of the molecule is O=S1(=O)C2(I)C=C[C@H]3[C@H](C=C2)C31I. The zero-order valence-corrected chi connectivity index (χ0v) is 11.6. The maximum Gasteiger partial charge on any atom is 0.188 e. The number of fused-ring (bicyclic) bond motifs is 2. The van der Waals surface area contributed by atoms with Crippen molar-refractivity contribution < 1.29 is 8.42 Å². The Labute approximate surface area is 104 Å². The van der Waals surface area contributed by atoms with Crippen LogP contribution in [0, 0.1) is 11.8 Å². The van der Waals surface area contributed by atoms with E-state index >= 15 is 0 Å². The molecule has 0 aromatic heterocycles. The lowest BCUT2D eigenvalue weighted by Gasteiger charge is -2.29. The van der Waals surface area contributed by atoms with Gasteiger partial charge in [-0.2, -0.15) is 0 Å². The zero-order chi connectivity index (χ0) is 9.48. The second-order valence-corrected chi connectivity index (χ2v) is 11.1. The fourth-order valence-corrected chi connectivity index (χ4v) is 9.16. The lowest BCUT2D eigenvalue weighted by Crippen LogP contribution is -2.40. The fourth-order valence-electron chi connectivity index (χ4n) is 2.19. The van der Waals surface area contributed by atoms with Crippen molar-refractivity contribution in [2.24, 2.45) is 11.8 Å². The van der Waals surface area contributed by atoms with Crippen LogP contribution < -0.4 is 0 Å². The Balaban J connectivity index is 2.41. The molecular weight excluding hydrogens is 414 g/mol. The first-order chi connectivity index (χ1) is 5.93. The molecular formula is C8H6I2O2S. The zero-order valence-electron chi connectivity index (χ0n) is 6.44. The summed E-state index contributed by atoms with van der Waals surface area (Å²) in [6, 6.07) is 0. The average molecular weight is 420 g/mol. The first-order valence-electron chi connectivity index (χ1n) is 3.94. The summed E-state index contributed by atoms with van der Waals surface area (Å²) in [5, 5.41) is 0. The summed E-state index contributed by atoms with van der Waals surface area (Å²) in [7, 11) is -3.03. The van der Waals surface area contributed by atoms with Gasteiger partial charge in [0.25, 0.3) is 0 Å². The van der Waals surface area contributed by atoms with Crippen LogP contribution in [0.1, 0.15) is 0 Å². The molecule has 3 aliphatic rings. The Morgan fingerprint density at radius 2 is 1.54 bits per heavy atom. The molecule has 13 heavy (non-hydrogen) atoms.